The van der Waals surface area contributed by atoms with Crippen LogP contribution >= 0.6 is 0 Å². The molecule has 7 nitrogen and oxygen atoms in total. The molecule has 2 rings (SSSR count). The van der Waals surface area contributed by atoms with Crippen LogP contribution in [0.4, 0.5) is 5.95 Å². The number of amides is 1. The summed E-state index contributed by atoms with van der Waals surface area (Å²) in [5.41, 5.74) is 1.30. The third-order valence-electron chi connectivity index (χ3n) is 3.09. The molecule has 0 atom stereocenters. The Labute approximate surface area is 128 Å². The van der Waals surface area contributed by atoms with E-state index in [0.29, 0.717) is 11.6 Å². The molecular formula is C15H19N5O2. The van der Waals surface area contributed by atoms with Crippen molar-refractivity contribution in [3.05, 3.63) is 51.7 Å². The Balaban J connectivity index is 2.15. The van der Waals surface area contributed by atoms with E-state index in [2.05, 4.69) is 15.3 Å². The van der Waals surface area contributed by atoms with Crippen LogP contribution in [-0.2, 0) is 13.6 Å². The Hall–Kier alpha value is -2.70. The number of rotatable bonds is 4. The highest BCUT2D eigenvalue weighted by atomic mass is 16.2. The monoisotopic (exact) mass is 301 g/mol. The Bertz CT molecular complexity index is 752. The van der Waals surface area contributed by atoms with Gasteiger partial charge in [0, 0.05) is 33.0 Å². The molecule has 7 heteroatoms. The van der Waals surface area contributed by atoms with Crippen LogP contribution in [-0.4, -0.2) is 34.5 Å². The second kappa shape index (κ2) is 6.38. The molecule has 0 bridgehead atoms. The van der Waals surface area contributed by atoms with E-state index >= 15 is 0 Å². The number of pyridine rings is 1. The summed E-state index contributed by atoms with van der Waals surface area (Å²) in [4.78, 5) is 34.5. The minimum Gasteiger partial charge on any atom is -0.347 e. The summed E-state index contributed by atoms with van der Waals surface area (Å²) in [6, 6.07) is 4.97. The number of aryl methyl sites for hydroxylation is 2. The Morgan fingerprint density at radius 3 is 2.77 bits per heavy atom. The van der Waals surface area contributed by atoms with Gasteiger partial charge in [0.05, 0.1) is 12.2 Å². The van der Waals surface area contributed by atoms with Crippen LogP contribution in [0.5, 0.6) is 0 Å². The van der Waals surface area contributed by atoms with Gasteiger partial charge in [-0.15, -0.1) is 0 Å². The second-order valence-electron chi connectivity index (χ2n) is 5.22. The summed E-state index contributed by atoms with van der Waals surface area (Å²) in [7, 11) is 5.31. The van der Waals surface area contributed by atoms with Crippen molar-refractivity contribution >= 4 is 11.9 Å². The molecule has 2 aromatic heterocycles. The SMILES string of the molecule is Cc1cc(CNC(=O)c2cccn(C)c2=O)nc(N(C)C)n1. The Kier molecular flexibility index (Phi) is 4.55. The number of hydrogen-bond acceptors (Lipinski definition) is 5. The highest BCUT2D eigenvalue weighted by molar-refractivity contribution is 5.93. The third kappa shape index (κ3) is 3.49. The molecule has 1 N–H and O–H groups in total. The quantitative estimate of drug-likeness (QED) is 0.888. The number of anilines is 1. The van der Waals surface area contributed by atoms with Gasteiger partial charge in [-0.2, -0.15) is 0 Å². The van der Waals surface area contributed by atoms with Crippen molar-refractivity contribution in [2.24, 2.45) is 7.05 Å². The fourth-order valence-corrected chi connectivity index (χ4v) is 1.94. The van der Waals surface area contributed by atoms with Crippen LogP contribution in [0.3, 0.4) is 0 Å². The van der Waals surface area contributed by atoms with Crippen LogP contribution in [0.15, 0.2) is 29.2 Å². The molecule has 22 heavy (non-hydrogen) atoms. The van der Waals surface area contributed by atoms with Gasteiger partial charge in [0.25, 0.3) is 11.5 Å². The van der Waals surface area contributed by atoms with Crippen LogP contribution in [0.25, 0.3) is 0 Å². The largest absolute Gasteiger partial charge is 0.347 e. The van der Waals surface area contributed by atoms with Crippen molar-refractivity contribution in [1.29, 1.82) is 0 Å². The molecule has 0 spiro atoms. The smallest absolute Gasteiger partial charge is 0.263 e. The van der Waals surface area contributed by atoms with Gasteiger partial charge >= 0.3 is 0 Å². The van der Waals surface area contributed by atoms with Crippen molar-refractivity contribution in [2.45, 2.75) is 13.5 Å². The highest BCUT2D eigenvalue weighted by Gasteiger charge is 2.11. The minimum atomic E-state index is -0.413. The maximum Gasteiger partial charge on any atom is 0.263 e. The normalized spacial score (nSPS) is 10.4. The summed E-state index contributed by atoms with van der Waals surface area (Å²) in [6.45, 7) is 2.11. The molecule has 0 saturated heterocycles. The van der Waals surface area contributed by atoms with Gasteiger partial charge in [-0.3, -0.25) is 9.59 Å². The fourth-order valence-electron chi connectivity index (χ4n) is 1.94. The number of aromatic nitrogens is 3. The van der Waals surface area contributed by atoms with Gasteiger partial charge in [-0.05, 0) is 25.1 Å². The molecule has 0 radical (unpaired) electrons. The average Bonchev–Trinajstić information content (AvgIpc) is 2.47. The average molecular weight is 301 g/mol. The van der Waals surface area contributed by atoms with Gasteiger partial charge in [-0.25, -0.2) is 9.97 Å². The summed E-state index contributed by atoms with van der Waals surface area (Å²) < 4.78 is 1.37. The molecular weight excluding hydrogens is 282 g/mol. The molecule has 0 aromatic carbocycles. The van der Waals surface area contributed by atoms with Gasteiger partial charge < -0.3 is 14.8 Å². The molecule has 0 saturated carbocycles. The van der Waals surface area contributed by atoms with Crippen molar-refractivity contribution in [2.75, 3.05) is 19.0 Å². The molecule has 0 aliphatic rings. The predicted octanol–water partition coefficient (Wildman–Crippen LogP) is 0.480. The molecule has 0 fully saturated rings. The van der Waals surface area contributed by atoms with E-state index < -0.39 is 5.91 Å². The Morgan fingerprint density at radius 1 is 1.36 bits per heavy atom. The van der Waals surface area contributed by atoms with E-state index in [1.54, 1.807) is 30.3 Å². The van der Waals surface area contributed by atoms with Crippen molar-refractivity contribution in [3.63, 3.8) is 0 Å². The summed E-state index contributed by atoms with van der Waals surface area (Å²) in [6.07, 6.45) is 1.61. The minimum absolute atomic E-state index is 0.114. The van der Waals surface area contributed by atoms with Gasteiger partial charge in [-0.1, -0.05) is 0 Å². The topological polar surface area (TPSA) is 80.1 Å². The van der Waals surface area contributed by atoms with Crippen molar-refractivity contribution in [1.82, 2.24) is 19.9 Å². The lowest BCUT2D eigenvalue weighted by Gasteiger charge is -2.12. The van der Waals surface area contributed by atoms with Crippen molar-refractivity contribution < 1.29 is 4.79 Å². The van der Waals surface area contributed by atoms with Gasteiger partial charge in [0.15, 0.2) is 0 Å². The molecule has 2 heterocycles. The zero-order chi connectivity index (χ0) is 16.3. The molecule has 0 aliphatic carbocycles. The number of hydrogen-bond donors (Lipinski definition) is 1. The fraction of sp³-hybridized carbons (Fsp3) is 0.333. The van der Waals surface area contributed by atoms with Crippen LogP contribution < -0.4 is 15.8 Å². The molecule has 2 aromatic rings. The molecule has 0 unspecified atom stereocenters. The maximum absolute atomic E-state index is 12.1. The second-order valence-corrected chi connectivity index (χ2v) is 5.22. The predicted molar refractivity (Wildman–Crippen MR) is 83.9 cm³/mol. The van der Waals surface area contributed by atoms with Crippen LogP contribution in [0.1, 0.15) is 21.7 Å². The van der Waals surface area contributed by atoms with E-state index in [4.69, 9.17) is 0 Å². The van der Waals surface area contributed by atoms with Crippen LogP contribution in [0, 0.1) is 6.92 Å². The zero-order valence-corrected chi connectivity index (χ0v) is 13.1. The van der Waals surface area contributed by atoms with Gasteiger partial charge in [0.1, 0.15) is 5.56 Å². The van der Waals surface area contributed by atoms with E-state index in [0.717, 1.165) is 5.69 Å². The lowest BCUT2D eigenvalue weighted by molar-refractivity contribution is 0.0948. The first-order chi connectivity index (χ1) is 10.4. The van der Waals surface area contributed by atoms with E-state index in [9.17, 15) is 9.59 Å². The van der Waals surface area contributed by atoms with E-state index in [-0.39, 0.29) is 17.7 Å². The van der Waals surface area contributed by atoms with Crippen LogP contribution in [0.2, 0.25) is 0 Å². The summed E-state index contributed by atoms with van der Waals surface area (Å²) in [5.74, 6) is 0.170. The standard InChI is InChI=1S/C15H19N5O2/c1-10-8-11(18-15(17-10)19(2)3)9-16-13(21)12-6-5-7-20(4)14(12)22/h5-8H,9H2,1-4H3,(H,16,21). The summed E-state index contributed by atoms with van der Waals surface area (Å²) >= 11 is 0. The molecule has 0 aliphatic heterocycles. The van der Waals surface area contributed by atoms with Crippen molar-refractivity contribution in [3.8, 4) is 0 Å². The van der Waals surface area contributed by atoms with E-state index in [1.807, 2.05) is 21.0 Å². The summed E-state index contributed by atoms with van der Waals surface area (Å²) in [5, 5.41) is 2.72. The zero-order valence-electron chi connectivity index (χ0n) is 13.1. The lowest BCUT2D eigenvalue weighted by Crippen LogP contribution is -2.31. The van der Waals surface area contributed by atoms with E-state index in [1.165, 1.54) is 10.6 Å². The van der Waals surface area contributed by atoms with Gasteiger partial charge in [0.2, 0.25) is 5.95 Å². The number of carbonyl (C=O) groups is 1. The maximum atomic E-state index is 12.1. The number of nitrogens with zero attached hydrogens (tertiary/aromatic N) is 4. The lowest BCUT2D eigenvalue weighted by atomic mass is 10.2. The first-order valence-electron chi connectivity index (χ1n) is 6.84. The third-order valence-corrected chi connectivity index (χ3v) is 3.09. The molecule has 1 amide bonds. The number of carbonyl (C=O) groups excluding carboxylic acids is 1. The first-order valence-corrected chi connectivity index (χ1v) is 6.84. The first kappa shape index (κ1) is 15.7. The Morgan fingerprint density at radius 2 is 2.09 bits per heavy atom. The highest BCUT2D eigenvalue weighted by Crippen LogP contribution is 2.07. The number of nitrogens with one attached hydrogen (secondary N) is 1. The molecule has 116 valence electrons.